The summed E-state index contributed by atoms with van der Waals surface area (Å²) in [4.78, 5) is 143. The summed E-state index contributed by atoms with van der Waals surface area (Å²) in [5.74, 6) is -13.3. The number of halogens is 2. The number of ketones is 1. The molecule has 25 heteroatoms. The first-order valence-electron chi connectivity index (χ1n) is 27.6. The number of nitrogens with zero attached hydrogens (tertiary/aromatic N) is 2. The molecule has 0 aliphatic carbocycles. The van der Waals surface area contributed by atoms with Gasteiger partial charge in [0.25, 0.3) is 0 Å². The Morgan fingerprint density at radius 1 is 0.687 bits per heavy atom. The average Bonchev–Trinajstić information content (AvgIpc) is 3.44. The molecular weight excluding hydrogens is 1090 g/mol. The Kier molecular flexibility index (Phi) is 27.6. The summed E-state index contributed by atoms with van der Waals surface area (Å²) in [5, 5.41) is 51.3. The SMILES string of the molecule is CCC(C)(CC)NC(=O)CCCC(=O)N[C@@H](CC(=O)O)C(=O)CCC[C@@H](CC(N)=O)C(=O)N[C@@H](CCN(C(=O)CO)[C@@H](c1cc(-c2cc(F)ccc2F)cn1Cc1ccccc1)C(C)(C)C)C(=O)NCCC(=O)N[C@H](CCC(=O)O)C(=O)O. The Labute approximate surface area is 480 Å². The number of nitrogens with two attached hydrogens (primary N) is 1. The van der Waals surface area contributed by atoms with Crippen molar-refractivity contribution in [3.63, 3.8) is 0 Å². The van der Waals surface area contributed by atoms with Gasteiger partial charge in [0.05, 0.1) is 18.5 Å². The third-order valence-corrected chi connectivity index (χ3v) is 14.2. The first kappa shape index (κ1) is 69.2. The van der Waals surface area contributed by atoms with Crippen LogP contribution in [0.3, 0.4) is 0 Å². The largest absolute Gasteiger partial charge is 0.481 e. The molecule has 3 rings (SSSR count). The minimum absolute atomic E-state index is 0.000189. The number of carbonyl (C=O) groups excluding carboxylic acids is 8. The highest BCUT2D eigenvalue weighted by Crippen LogP contribution is 2.41. The fraction of sp³-hybridized carbons (Fsp3) is 0.534. The number of rotatable bonds is 37. The van der Waals surface area contributed by atoms with Crippen LogP contribution in [0.5, 0.6) is 0 Å². The van der Waals surface area contributed by atoms with Gasteiger partial charge in [-0.05, 0) is 87.1 Å². The van der Waals surface area contributed by atoms with Gasteiger partial charge >= 0.3 is 17.9 Å². The second-order valence-corrected chi connectivity index (χ2v) is 21.8. The van der Waals surface area contributed by atoms with Crippen molar-refractivity contribution >= 4 is 65.0 Å². The van der Waals surface area contributed by atoms with Crippen molar-refractivity contribution in [2.24, 2.45) is 17.1 Å². The normalized spacial score (nSPS) is 13.3. The van der Waals surface area contributed by atoms with Gasteiger partial charge in [-0.3, -0.25) is 47.9 Å². The summed E-state index contributed by atoms with van der Waals surface area (Å²) in [6.45, 7) is 9.33. The summed E-state index contributed by atoms with van der Waals surface area (Å²) < 4.78 is 31.8. The lowest BCUT2D eigenvalue weighted by molar-refractivity contribution is -0.143. The summed E-state index contributed by atoms with van der Waals surface area (Å²) in [5.41, 5.74) is 5.55. The molecule has 0 radical (unpaired) electrons. The molecule has 0 unspecified atom stereocenters. The number of aromatic nitrogens is 1. The smallest absolute Gasteiger partial charge is 0.326 e. The van der Waals surface area contributed by atoms with Crippen LogP contribution in [0.4, 0.5) is 8.78 Å². The number of primary amides is 1. The Bertz CT molecular complexity index is 2760. The van der Waals surface area contributed by atoms with Gasteiger partial charge in [-0.1, -0.05) is 65.0 Å². The zero-order valence-corrected chi connectivity index (χ0v) is 47.9. The number of aliphatic hydroxyl groups excluding tert-OH is 1. The number of amides is 7. The molecule has 5 atom stereocenters. The molecule has 2 aromatic carbocycles. The van der Waals surface area contributed by atoms with E-state index in [1.165, 1.54) is 4.90 Å². The number of aliphatic hydroxyl groups is 1. The zero-order valence-electron chi connectivity index (χ0n) is 47.9. The Hall–Kier alpha value is -8.09. The molecule has 1 heterocycles. The van der Waals surface area contributed by atoms with Crippen molar-refractivity contribution < 1.29 is 81.9 Å². The molecular formula is C58H80F2N8O15. The summed E-state index contributed by atoms with van der Waals surface area (Å²) in [6.07, 6.45) is -1.33. The summed E-state index contributed by atoms with van der Waals surface area (Å²) >= 11 is 0. The van der Waals surface area contributed by atoms with E-state index in [1.807, 2.05) is 32.9 Å². The molecule has 3 aromatic rings. The van der Waals surface area contributed by atoms with E-state index in [4.69, 9.17) is 10.8 Å². The molecule has 0 aliphatic heterocycles. The maximum atomic E-state index is 15.4. The zero-order chi connectivity index (χ0) is 62.2. The van der Waals surface area contributed by atoms with E-state index >= 15 is 4.39 Å². The van der Waals surface area contributed by atoms with Crippen LogP contribution in [0, 0.1) is 23.0 Å². The molecule has 0 saturated heterocycles. The number of carbonyl (C=O) groups is 11. The topological polar surface area (TPSA) is 363 Å². The lowest BCUT2D eigenvalue weighted by Gasteiger charge is -2.41. The first-order chi connectivity index (χ1) is 39.0. The van der Waals surface area contributed by atoms with Crippen molar-refractivity contribution in [2.45, 2.75) is 168 Å². The molecule has 11 N–H and O–H groups in total. The third-order valence-electron chi connectivity index (χ3n) is 14.2. The second kappa shape index (κ2) is 33.1. The average molecular weight is 1170 g/mol. The van der Waals surface area contributed by atoms with E-state index in [2.05, 4.69) is 26.6 Å². The Morgan fingerprint density at radius 3 is 1.92 bits per heavy atom. The van der Waals surface area contributed by atoms with Crippen LogP contribution in [0.2, 0.25) is 0 Å². The number of nitrogens with one attached hydrogen (secondary N) is 5. The second-order valence-electron chi connectivity index (χ2n) is 21.8. The van der Waals surface area contributed by atoms with Gasteiger partial charge < -0.3 is 62.2 Å². The molecule has 23 nitrogen and oxygen atoms in total. The van der Waals surface area contributed by atoms with Crippen LogP contribution in [0.25, 0.3) is 11.1 Å². The van der Waals surface area contributed by atoms with Gasteiger partial charge in [-0.25, -0.2) is 13.6 Å². The van der Waals surface area contributed by atoms with Crippen LogP contribution in [0.1, 0.15) is 149 Å². The van der Waals surface area contributed by atoms with E-state index in [0.717, 1.165) is 23.8 Å². The van der Waals surface area contributed by atoms with Crippen molar-refractivity contribution in [3.8, 4) is 11.1 Å². The quantitative estimate of drug-likeness (QED) is 0.0386. The van der Waals surface area contributed by atoms with Gasteiger partial charge in [0.15, 0.2) is 5.78 Å². The van der Waals surface area contributed by atoms with Gasteiger partial charge in [0, 0.05) is 92.6 Å². The van der Waals surface area contributed by atoms with Gasteiger partial charge in [-0.15, -0.1) is 0 Å². The van der Waals surface area contributed by atoms with E-state index in [0.29, 0.717) is 18.5 Å². The van der Waals surface area contributed by atoms with Crippen molar-refractivity contribution in [2.75, 3.05) is 19.7 Å². The maximum Gasteiger partial charge on any atom is 0.326 e. The van der Waals surface area contributed by atoms with Crippen LogP contribution >= 0.6 is 0 Å². The van der Waals surface area contributed by atoms with Gasteiger partial charge in [-0.2, -0.15) is 0 Å². The van der Waals surface area contributed by atoms with Gasteiger partial charge in [0.2, 0.25) is 41.4 Å². The number of Topliss-reactive ketones (excluding diaryl/α,β-unsaturated/α-hetero) is 1. The molecule has 456 valence electrons. The third kappa shape index (κ3) is 23.4. The van der Waals surface area contributed by atoms with E-state index in [9.17, 15) is 72.4 Å². The van der Waals surface area contributed by atoms with E-state index in [1.54, 1.807) is 55.8 Å². The number of carboxylic acid groups (broad SMARTS) is 3. The molecule has 0 aliphatic rings. The standard InChI is InChI=1S/C58H80F2N8O15/c1-7-58(6,8-2)66-49(74)19-13-18-47(72)64-43(31-52(78)79)45(70)17-12-16-36(29-46(61)71)54(80)65-41(55(81)62-26-24-48(73)63-42(56(82)83)22-23-51(76)77)25-27-68(50(75)34-69)53(57(3,4)5)44-28-37(39-30-38(59)20-21-40(39)60)33-67(44)32-35-14-10-9-11-15-35/h9-11,14-15,20-21,28,30,33,36,41-43,53,69H,7-8,12-13,16-19,22-27,29,31-32,34H2,1-6H3,(H2,61,71)(H,62,81)(H,63,73)(H,64,72)(H,65,80)(H,66,74)(H,76,77)(H,78,79)(H,82,83)/t36-,41-,42+,43-,53-/m0/s1. The summed E-state index contributed by atoms with van der Waals surface area (Å²) in [7, 11) is 0. The van der Waals surface area contributed by atoms with Crippen LogP contribution in [-0.2, 0) is 59.3 Å². The lowest BCUT2D eigenvalue weighted by atomic mass is 9.82. The summed E-state index contributed by atoms with van der Waals surface area (Å²) in [6, 6.07) is 7.90. The van der Waals surface area contributed by atoms with Crippen LogP contribution < -0.4 is 32.3 Å². The highest BCUT2D eigenvalue weighted by Gasteiger charge is 2.39. The van der Waals surface area contributed by atoms with Crippen LogP contribution in [-0.4, -0.2) is 138 Å². The molecule has 0 bridgehead atoms. The molecule has 0 spiro atoms. The Balaban J connectivity index is 1.98. The fourth-order valence-electron chi connectivity index (χ4n) is 9.33. The van der Waals surface area contributed by atoms with Crippen LogP contribution in [0.15, 0.2) is 60.8 Å². The van der Waals surface area contributed by atoms with Crippen molar-refractivity contribution in [1.29, 1.82) is 0 Å². The minimum Gasteiger partial charge on any atom is -0.481 e. The molecule has 1 aromatic heterocycles. The Morgan fingerprint density at radius 2 is 1.33 bits per heavy atom. The van der Waals surface area contributed by atoms with Crippen molar-refractivity contribution in [3.05, 3.63) is 83.7 Å². The van der Waals surface area contributed by atoms with Crippen molar-refractivity contribution in [1.82, 2.24) is 36.1 Å². The predicted molar refractivity (Wildman–Crippen MR) is 298 cm³/mol. The number of hydrogen-bond donors (Lipinski definition) is 10. The highest BCUT2D eigenvalue weighted by molar-refractivity contribution is 5.93. The number of aliphatic carboxylic acids is 3. The number of hydrogen-bond acceptors (Lipinski definition) is 12. The fourth-order valence-corrected chi connectivity index (χ4v) is 9.33. The first-order valence-corrected chi connectivity index (χ1v) is 27.6. The maximum absolute atomic E-state index is 15.4. The molecule has 0 fully saturated rings. The monoisotopic (exact) mass is 1170 g/mol. The molecule has 83 heavy (non-hydrogen) atoms. The van der Waals surface area contributed by atoms with Gasteiger partial charge in [0.1, 0.15) is 30.3 Å². The minimum atomic E-state index is -1.61. The predicted octanol–water partition coefficient (Wildman–Crippen LogP) is 4.26. The lowest BCUT2D eigenvalue weighted by Crippen LogP contribution is -2.52. The van der Waals surface area contributed by atoms with E-state index in [-0.39, 0.29) is 55.7 Å². The number of carboxylic acids is 3. The number of benzene rings is 2. The van der Waals surface area contributed by atoms with E-state index < -0.39 is 176 Å². The molecule has 0 saturated carbocycles. The highest BCUT2D eigenvalue weighted by atomic mass is 19.1. The molecule has 7 amide bonds.